The van der Waals surface area contributed by atoms with Crippen LogP contribution >= 0.6 is 0 Å². The molecule has 0 saturated heterocycles. The highest BCUT2D eigenvalue weighted by Crippen LogP contribution is 2.31. The highest BCUT2D eigenvalue weighted by atomic mass is 16.6. The van der Waals surface area contributed by atoms with E-state index >= 15 is 0 Å². The van der Waals surface area contributed by atoms with E-state index in [1.165, 1.54) is 0 Å². The van der Waals surface area contributed by atoms with Gasteiger partial charge < -0.3 is 9.47 Å². The molecule has 5 nitrogen and oxygen atoms in total. The Morgan fingerprint density at radius 3 is 2.86 bits per heavy atom. The molecule has 0 bridgehead atoms. The van der Waals surface area contributed by atoms with Crippen LogP contribution < -0.4 is 9.47 Å². The molecule has 21 heavy (non-hydrogen) atoms. The van der Waals surface area contributed by atoms with Gasteiger partial charge in [-0.05, 0) is 30.3 Å². The van der Waals surface area contributed by atoms with Gasteiger partial charge in [0.05, 0.1) is 17.3 Å². The Morgan fingerprint density at radius 1 is 1.10 bits per heavy atom. The van der Waals surface area contributed by atoms with Gasteiger partial charge in [0.25, 0.3) is 0 Å². The van der Waals surface area contributed by atoms with E-state index in [-0.39, 0.29) is 5.78 Å². The lowest BCUT2D eigenvalue weighted by Gasteiger charge is -2.18. The monoisotopic (exact) mass is 280 g/mol. The summed E-state index contributed by atoms with van der Waals surface area (Å²) in [5.41, 5.74) is 1.93. The normalized spacial score (nSPS) is 13.3. The fraction of sp³-hybridized carbons (Fsp3) is 0.125. The molecule has 0 unspecified atom stereocenters. The predicted molar refractivity (Wildman–Crippen MR) is 76.1 cm³/mol. The molecule has 1 aliphatic rings. The second-order valence-corrected chi connectivity index (χ2v) is 4.78. The van der Waals surface area contributed by atoms with Crippen LogP contribution in [0, 0.1) is 0 Å². The van der Waals surface area contributed by atoms with Crippen molar-refractivity contribution in [1.82, 2.24) is 9.61 Å². The molecule has 0 N–H and O–H groups in total. The predicted octanol–water partition coefficient (Wildman–Crippen LogP) is 2.34. The average molecular weight is 280 g/mol. The van der Waals surface area contributed by atoms with Gasteiger partial charge >= 0.3 is 0 Å². The van der Waals surface area contributed by atoms with Gasteiger partial charge in [-0.1, -0.05) is 6.07 Å². The van der Waals surface area contributed by atoms with Crippen LogP contribution in [0.2, 0.25) is 0 Å². The Hall–Kier alpha value is -2.82. The highest BCUT2D eigenvalue weighted by Gasteiger charge is 2.18. The number of carbonyl (C=O) groups is 1. The van der Waals surface area contributed by atoms with Gasteiger partial charge in [0.15, 0.2) is 17.3 Å². The van der Waals surface area contributed by atoms with Crippen molar-refractivity contribution in [3.63, 3.8) is 0 Å². The molecule has 0 fully saturated rings. The fourth-order valence-electron chi connectivity index (χ4n) is 2.45. The summed E-state index contributed by atoms with van der Waals surface area (Å²) in [5.74, 6) is 1.22. The third-order valence-corrected chi connectivity index (χ3v) is 3.48. The van der Waals surface area contributed by atoms with Crippen LogP contribution in [-0.2, 0) is 0 Å². The summed E-state index contributed by atoms with van der Waals surface area (Å²) < 4.78 is 12.7. The first-order valence-electron chi connectivity index (χ1n) is 6.70. The van der Waals surface area contributed by atoms with E-state index < -0.39 is 0 Å². The van der Waals surface area contributed by atoms with Gasteiger partial charge in [0.2, 0.25) is 0 Å². The van der Waals surface area contributed by atoms with Crippen molar-refractivity contribution < 1.29 is 14.3 Å². The Balaban J connectivity index is 1.77. The first-order valence-corrected chi connectivity index (χ1v) is 6.70. The largest absolute Gasteiger partial charge is 0.486 e. The van der Waals surface area contributed by atoms with Crippen LogP contribution in [0.1, 0.15) is 15.9 Å². The molecule has 0 aliphatic carbocycles. The molecule has 3 aromatic rings. The number of fused-ring (bicyclic) bond motifs is 2. The summed E-state index contributed by atoms with van der Waals surface area (Å²) in [6.07, 6.45) is 3.41. The summed E-state index contributed by atoms with van der Waals surface area (Å²) in [4.78, 5) is 12.7. The van der Waals surface area contributed by atoms with E-state index in [9.17, 15) is 4.79 Å². The van der Waals surface area contributed by atoms with Gasteiger partial charge in [-0.2, -0.15) is 5.10 Å². The zero-order chi connectivity index (χ0) is 14.2. The van der Waals surface area contributed by atoms with Crippen molar-refractivity contribution in [2.75, 3.05) is 13.2 Å². The topological polar surface area (TPSA) is 52.8 Å². The molecule has 0 saturated carbocycles. The van der Waals surface area contributed by atoms with Gasteiger partial charge in [-0.15, -0.1) is 0 Å². The number of hydrogen-bond acceptors (Lipinski definition) is 4. The molecular formula is C16H12N2O3. The lowest BCUT2D eigenvalue weighted by atomic mass is 10.0. The minimum Gasteiger partial charge on any atom is -0.486 e. The van der Waals surface area contributed by atoms with E-state index in [4.69, 9.17) is 9.47 Å². The number of hydrogen-bond donors (Lipinski definition) is 0. The number of nitrogens with zero attached hydrogens (tertiary/aromatic N) is 2. The standard InChI is InChI=1S/C16H12N2O3/c19-16(12-10-17-18-6-2-1-3-13(12)18)11-4-5-14-15(9-11)21-8-7-20-14/h1-6,9-10H,7-8H2. The molecule has 2 aromatic heterocycles. The molecule has 5 heteroatoms. The molecular weight excluding hydrogens is 268 g/mol. The van der Waals surface area contributed by atoms with Crippen molar-refractivity contribution in [2.45, 2.75) is 0 Å². The smallest absolute Gasteiger partial charge is 0.196 e. The van der Waals surface area contributed by atoms with Crippen LogP contribution in [0.5, 0.6) is 11.5 Å². The first-order chi connectivity index (χ1) is 10.3. The molecule has 1 aliphatic heterocycles. The number of ketones is 1. The fourth-order valence-corrected chi connectivity index (χ4v) is 2.45. The van der Waals surface area contributed by atoms with Gasteiger partial charge in [0.1, 0.15) is 13.2 Å². The third kappa shape index (κ3) is 1.94. The number of ether oxygens (including phenoxy) is 2. The average Bonchev–Trinajstić information content (AvgIpc) is 2.98. The summed E-state index contributed by atoms with van der Waals surface area (Å²) in [6, 6.07) is 10.9. The molecule has 1 aromatic carbocycles. The SMILES string of the molecule is O=C(c1ccc2c(c1)OCCO2)c1cnn2ccccc12. The summed E-state index contributed by atoms with van der Waals surface area (Å²) in [6.45, 7) is 1.04. The minimum atomic E-state index is -0.0758. The van der Waals surface area contributed by atoms with Gasteiger partial charge in [-0.25, -0.2) is 4.52 Å². The molecule has 3 heterocycles. The van der Waals surface area contributed by atoms with Crippen molar-refractivity contribution >= 4 is 11.3 Å². The lowest BCUT2D eigenvalue weighted by Crippen LogP contribution is -2.15. The molecule has 0 atom stereocenters. The Morgan fingerprint density at radius 2 is 1.95 bits per heavy atom. The minimum absolute atomic E-state index is 0.0758. The molecule has 0 spiro atoms. The van der Waals surface area contributed by atoms with Crippen LogP contribution in [0.15, 0.2) is 48.8 Å². The van der Waals surface area contributed by atoms with Crippen LogP contribution in [0.25, 0.3) is 5.52 Å². The summed E-state index contributed by atoms with van der Waals surface area (Å²) in [7, 11) is 0. The van der Waals surface area contributed by atoms with Gasteiger partial charge in [0, 0.05) is 11.8 Å². The lowest BCUT2D eigenvalue weighted by molar-refractivity contribution is 0.103. The van der Waals surface area contributed by atoms with Crippen molar-refractivity contribution in [2.24, 2.45) is 0 Å². The van der Waals surface area contributed by atoms with Crippen LogP contribution in [-0.4, -0.2) is 28.6 Å². The molecule has 0 radical (unpaired) electrons. The van der Waals surface area contributed by atoms with Crippen molar-refractivity contribution in [3.05, 3.63) is 59.9 Å². The quantitative estimate of drug-likeness (QED) is 0.676. The van der Waals surface area contributed by atoms with E-state index in [2.05, 4.69) is 5.10 Å². The Kier molecular flexibility index (Phi) is 2.64. The van der Waals surface area contributed by atoms with E-state index in [1.807, 2.05) is 24.4 Å². The molecule has 4 rings (SSSR count). The van der Waals surface area contributed by atoms with E-state index in [0.717, 1.165) is 5.52 Å². The maximum atomic E-state index is 12.7. The number of carbonyl (C=O) groups excluding carboxylic acids is 1. The Labute approximate surface area is 120 Å². The van der Waals surface area contributed by atoms with Crippen molar-refractivity contribution in [1.29, 1.82) is 0 Å². The van der Waals surface area contributed by atoms with Crippen LogP contribution in [0.3, 0.4) is 0 Å². The maximum absolute atomic E-state index is 12.7. The number of aromatic nitrogens is 2. The number of pyridine rings is 1. The maximum Gasteiger partial charge on any atom is 0.196 e. The first kappa shape index (κ1) is 12.0. The zero-order valence-electron chi connectivity index (χ0n) is 11.2. The van der Waals surface area contributed by atoms with Gasteiger partial charge in [-0.3, -0.25) is 4.79 Å². The molecule has 104 valence electrons. The number of rotatable bonds is 2. The second-order valence-electron chi connectivity index (χ2n) is 4.78. The summed E-state index contributed by atoms with van der Waals surface area (Å²) >= 11 is 0. The summed E-state index contributed by atoms with van der Waals surface area (Å²) in [5, 5.41) is 4.19. The van der Waals surface area contributed by atoms with E-state index in [0.29, 0.717) is 35.8 Å². The molecule has 0 amide bonds. The second kappa shape index (κ2) is 4.63. The third-order valence-electron chi connectivity index (χ3n) is 3.48. The Bertz CT molecular complexity index is 838. The van der Waals surface area contributed by atoms with Crippen LogP contribution in [0.4, 0.5) is 0 Å². The van der Waals surface area contributed by atoms with Crippen molar-refractivity contribution in [3.8, 4) is 11.5 Å². The zero-order valence-corrected chi connectivity index (χ0v) is 11.2. The number of benzene rings is 1. The van der Waals surface area contributed by atoms with E-state index in [1.54, 1.807) is 28.9 Å². The highest BCUT2D eigenvalue weighted by molar-refractivity contribution is 6.13.